The van der Waals surface area contributed by atoms with Crippen molar-refractivity contribution >= 4 is 27.5 Å². The van der Waals surface area contributed by atoms with Crippen LogP contribution in [0.2, 0.25) is 0 Å². The standard InChI is InChI=1S/C23H21BrFNO4/c1-3-29-22-11-4-15(23(27)26-21-10-5-17(24)13-20(21)25)12-16(22)14-30-19-8-6-18(28-2)7-9-19/h4-13H,3,14H2,1-2H3,(H,26,27). The van der Waals surface area contributed by atoms with Gasteiger partial charge in [0, 0.05) is 15.6 Å². The maximum Gasteiger partial charge on any atom is 0.255 e. The van der Waals surface area contributed by atoms with Crippen LogP contribution in [0.15, 0.2) is 65.1 Å². The van der Waals surface area contributed by atoms with Crippen molar-refractivity contribution < 1.29 is 23.4 Å². The molecule has 0 aromatic heterocycles. The summed E-state index contributed by atoms with van der Waals surface area (Å²) in [4.78, 5) is 12.6. The molecule has 156 valence electrons. The minimum atomic E-state index is -0.522. The molecule has 3 aromatic carbocycles. The minimum absolute atomic E-state index is 0.105. The molecule has 0 saturated carbocycles. The Kier molecular flexibility index (Phi) is 7.30. The van der Waals surface area contributed by atoms with Crippen LogP contribution in [0.4, 0.5) is 10.1 Å². The number of carbonyl (C=O) groups excluding carboxylic acids is 1. The highest BCUT2D eigenvalue weighted by molar-refractivity contribution is 9.10. The van der Waals surface area contributed by atoms with Crippen molar-refractivity contribution in [2.24, 2.45) is 0 Å². The lowest BCUT2D eigenvalue weighted by atomic mass is 10.1. The summed E-state index contributed by atoms with van der Waals surface area (Å²) in [6.45, 7) is 2.56. The van der Waals surface area contributed by atoms with Crippen molar-refractivity contribution in [1.82, 2.24) is 0 Å². The van der Waals surface area contributed by atoms with Crippen LogP contribution < -0.4 is 19.5 Å². The third kappa shape index (κ3) is 5.51. The monoisotopic (exact) mass is 473 g/mol. The summed E-state index contributed by atoms with van der Waals surface area (Å²) in [7, 11) is 1.60. The lowest BCUT2D eigenvalue weighted by Crippen LogP contribution is -2.14. The van der Waals surface area contributed by atoms with Crippen LogP contribution in [0.5, 0.6) is 17.2 Å². The number of halogens is 2. The third-order valence-electron chi connectivity index (χ3n) is 4.26. The SMILES string of the molecule is CCOc1ccc(C(=O)Nc2ccc(Br)cc2F)cc1COc1ccc(OC)cc1. The van der Waals surface area contributed by atoms with Crippen LogP contribution in [0.1, 0.15) is 22.8 Å². The maximum atomic E-state index is 14.0. The van der Waals surface area contributed by atoms with E-state index in [2.05, 4.69) is 21.2 Å². The molecule has 0 spiro atoms. The minimum Gasteiger partial charge on any atom is -0.497 e. The first-order valence-electron chi connectivity index (χ1n) is 9.29. The Morgan fingerprint density at radius 2 is 1.73 bits per heavy atom. The second-order valence-corrected chi connectivity index (χ2v) is 7.21. The van der Waals surface area contributed by atoms with Crippen LogP contribution in [0.3, 0.4) is 0 Å². The zero-order valence-corrected chi connectivity index (χ0v) is 18.2. The van der Waals surface area contributed by atoms with Crippen LogP contribution in [-0.2, 0) is 6.61 Å². The first kappa shape index (κ1) is 21.6. The Labute approximate surface area is 182 Å². The van der Waals surface area contributed by atoms with E-state index in [1.165, 1.54) is 12.1 Å². The van der Waals surface area contributed by atoms with Gasteiger partial charge in [-0.3, -0.25) is 4.79 Å². The largest absolute Gasteiger partial charge is 0.497 e. The van der Waals surface area contributed by atoms with E-state index < -0.39 is 11.7 Å². The van der Waals surface area contributed by atoms with Crippen molar-refractivity contribution in [3.63, 3.8) is 0 Å². The first-order valence-corrected chi connectivity index (χ1v) is 10.1. The van der Waals surface area contributed by atoms with E-state index in [0.717, 1.165) is 5.75 Å². The summed E-state index contributed by atoms with van der Waals surface area (Å²) in [5, 5.41) is 2.59. The zero-order chi connectivity index (χ0) is 21.5. The number of benzene rings is 3. The number of carbonyl (C=O) groups is 1. The van der Waals surface area contributed by atoms with E-state index in [1.807, 2.05) is 6.92 Å². The Balaban J connectivity index is 1.77. The fourth-order valence-electron chi connectivity index (χ4n) is 2.75. The van der Waals surface area contributed by atoms with Gasteiger partial charge in [-0.25, -0.2) is 4.39 Å². The van der Waals surface area contributed by atoms with Gasteiger partial charge in [-0.05, 0) is 67.6 Å². The van der Waals surface area contributed by atoms with Crippen molar-refractivity contribution in [3.8, 4) is 17.2 Å². The van der Waals surface area contributed by atoms with Crippen LogP contribution >= 0.6 is 15.9 Å². The fourth-order valence-corrected chi connectivity index (χ4v) is 3.08. The number of hydrogen-bond donors (Lipinski definition) is 1. The molecule has 30 heavy (non-hydrogen) atoms. The molecule has 0 bridgehead atoms. The molecule has 0 atom stereocenters. The number of amides is 1. The van der Waals surface area contributed by atoms with E-state index in [1.54, 1.807) is 55.6 Å². The van der Waals surface area contributed by atoms with Gasteiger partial charge in [0.05, 0.1) is 19.4 Å². The topological polar surface area (TPSA) is 56.8 Å². The molecular formula is C23H21BrFNO4. The highest BCUT2D eigenvalue weighted by Gasteiger charge is 2.13. The van der Waals surface area contributed by atoms with Gasteiger partial charge in [0.2, 0.25) is 0 Å². The summed E-state index contributed by atoms with van der Waals surface area (Å²) in [5.41, 5.74) is 1.18. The normalized spacial score (nSPS) is 10.4. The number of nitrogens with one attached hydrogen (secondary N) is 1. The Bertz CT molecular complexity index is 1020. The molecule has 5 nitrogen and oxygen atoms in total. The Morgan fingerprint density at radius 1 is 1.00 bits per heavy atom. The molecule has 0 radical (unpaired) electrons. The van der Waals surface area contributed by atoms with Crippen molar-refractivity contribution in [2.75, 3.05) is 19.0 Å². The molecule has 0 aliphatic carbocycles. The summed E-state index contributed by atoms with van der Waals surface area (Å²) in [6, 6.07) is 16.7. The van der Waals surface area contributed by atoms with E-state index in [9.17, 15) is 9.18 Å². The van der Waals surface area contributed by atoms with Crippen molar-refractivity contribution in [3.05, 3.63) is 82.1 Å². The maximum absolute atomic E-state index is 14.0. The van der Waals surface area contributed by atoms with E-state index in [0.29, 0.717) is 33.7 Å². The van der Waals surface area contributed by atoms with Gasteiger partial charge in [-0.15, -0.1) is 0 Å². The van der Waals surface area contributed by atoms with Crippen LogP contribution in [0, 0.1) is 5.82 Å². The Hall–Kier alpha value is -3.06. The number of hydrogen-bond acceptors (Lipinski definition) is 4. The van der Waals surface area contributed by atoms with E-state index in [4.69, 9.17) is 14.2 Å². The molecule has 1 N–H and O–H groups in total. The number of anilines is 1. The van der Waals surface area contributed by atoms with Crippen LogP contribution in [0.25, 0.3) is 0 Å². The average Bonchev–Trinajstić information content (AvgIpc) is 2.75. The highest BCUT2D eigenvalue weighted by Crippen LogP contribution is 2.25. The molecule has 0 heterocycles. The molecule has 0 aliphatic heterocycles. The summed E-state index contributed by atoms with van der Waals surface area (Å²) >= 11 is 3.20. The molecule has 0 fully saturated rings. The summed E-state index contributed by atoms with van der Waals surface area (Å²) in [5.74, 6) is 1.07. The van der Waals surface area contributed by atoms with Crippen molar-refractivity contribution in [2.45, 2.75) is 13.5 Å². The number of ether oxygens (including phenoxy) is 3. The molecule has 0 saturated heterocycles. The third-order valence-corrected chi connectivity index (χ3v) is 4.75. The average molecular weight is 474 g/mol. The molecule has 3 rings (SSSR count). The quantitative estimate of drug-likeness (QED) is 0.447. The van der Waals surface area contributed by atoms with Crippen LogP contribution in [-0.4, -0.2) is 19.6 Å². The van der Waals surface area contributed by atoms with Gasteiger partial charge in [0.25, 0.3) is 5.91 Å². The van der Waals surface area contributed by atoms with Gasteiger partial charge in [0.15, 0.2) is 0 Å². The Morgan fingerprint density at radius 3 is 2.40 bits per heavy atom. The number of methoxy groups -OCH3 is 1. The first-order chi connectivity index (χ1) is 14.5. The molecule has 0 aliphatic rings. The predicted octanol–water partition coefficient (Wildman–Crippen LogP) is 5.83. The van der Waals surface area contributed by atoms with Crippen molar-refractivity contribution in [1.29, 1.82) is 0 Å². The zero-order valence-electron chi connectivity index (χ0n) is 16.6. The lowest BCUT2D eigenvalue weighted by molar-refractivity contribution is 0.102. The molecule has 1 amide bonds. The lowest BCUT2D eigenvalue weighted by Gasteiger charge is -2.14. The molecular weight excluding hydrogens is 453 g/mol. The van der Waals surface area contributed by atoms with Gasteiger partial charge < -0.3 is 19.5 Å². The van der Waals surface area contributed by atoms with E-state index in [-0.39, 0.29) is 12.3 Å². The second kappa shape index (κ2) is 10.1. The predicted molar refractivity (Wildman–Crippen MR) is 117 cm³/mol. The summed E-state index contributed by atoms with van der Waals surface area (Å²) in [6.07, 6.45) is 0. The molecule has 7 heteroatoms. The highest BCUT2D eigenvalue weighted by atomic mass is 79.9. The second-order valence-electron chi connectivity index (χ2n) is 6.30. The summed E-state index contributed by atoms with van der Waals surface area (Å²) < 4.78 is 31.3. The molecule has 0 unspecified atom stereocenters. The van der Waals surface area contributed by atoms with Gasteiger partial charge in [-0.1, -0.05) is 15.9 Å². The smallest absolute Gasteiger partial charge is 0.255 e. The van der Waals surface area contributed by atoms with Gasteiger partial charge in [-0.2, -0.15) is 0 Å². The van der Waals surface area contributed by atoms with Gasteiger partial charge >= 0.3 is 0 Å². The molecule has 3 aromatic rings. The van der Waals surface area contributed by atoms with Gasteiger partial charge in [0.1, 0.15) is 29.7 Å². The van der Waals surface area contributed by atoms with E-state index >= 15 is 0 Å². The number of rotatable bonds is 8. The fraction of sp³-hybridized carbons (Fsp3) is 0.174.